The van der Waals surface area contributed by atoms with Crippen molar-refractivity contribution in [3.8, 4) is 0 Å². The number of nitrogens with one attached hydrogen (secondary N) is 2. The SMILES string of the molecule is O=C(NCC1=CCNCC1)C1=COCCO1. The summed E-state index contributed by atoms with van der Waals surface area (Å²) in [5, 5.41) is 6.03. The van der Waals surface area contributed by atoms with Crippen molar-refractivity contribution in [1.82, 2.24) is 10.6 Å². The fourth-order valence-electron chi connectivity index (χ4n) is 1.60. The summed E-state index contributed by atoms with van der Waals surface area (Å²) in [4.78, 5) is 11.6. The van der Waals surface area contributed by atoms with Gasteiger partial charge in [-0.2, -0.15) is 0 Å². The molecule has 0 aromatic rings. The van der Waals surface area contributed by atoms with Gasteiger partial charge in [0.2, 0.25) is 5.76 Å². The van der Waals surface area contributed by atoms with Crippen LogP contribution in [0.5, 0.6) is 0 Å². The lowest BCUT2D eigenvalue weighted by Gasteiger charge is -2.17. The number of ether oxygens (including phenoxy) is 2. The maximum Gasteiger partial charge on any atom is 0.289 e. The Labute approximate surface area is 94.5 Å². The molecule has 2 aliphatic heterocycles. The van der Waals surface area contributed by atoms with Crippen LogP contribution in [0.3, 0.4) is 0 Å². The highest BCUT2D eigenvalue weighted by Gasteiger charge is 2.15. The lowest BCUT2D eigenvalue weighted by Crippen LogP contribution is -2.32. The van der Waals surface area contributed by atoms with Gasteiger partial charge in [0.15, 0.2) is 0 Å². The predicted octanol–water partition coefficient (Wildman–Crippen LogP) is -0.0895. The Morgan fingerprint density at radius 1 is 1.50 bits per heavy atom. The van der Waals surface area contributed by atoms with Crippen LogP contribution in [0.25, 0.3) is 0 Å². The molecule has 5 nitrogen and oxygen atoms in total. The average molecular weight is 224 g/mol. The minimum Gasteiger partial charge on any atom is -0.494 e. The fraction of sp³-hybridized carbons (Fsp3) is 0.545. The van der Waals surface area contributed by atoms with Gasteiger partial charge in [-0.05, 0) is 13.0 Å². The molecule has 2 rings (SSSR count). The largest absolute Gasteiger partial charge is 0.494 e. The summed E-state index contributed by atoms with van der Waals surface area (Å²) < 4.78 is 10.2. The highest BCUT2D eigenvalue weighted by Crippen LogP contribution is 2.06. The first-order valence-electron chi connectivity index (χ1n) is 5.47. The molecule has 0 bridgehead atoms. The number of hydrogen-bond donors (Lipinski definition) is 2. The van der Waals surface area contributed by atoms with Crippen molar-refractivity contribution in [3.05, 3.63) is 23.7 Å². The van der Waals surface area contributed by atoms with Gasteiger partial charge >= 0.3 is 0 Å². The quantitative estimate of drug-likeness (QED) is 0.658. The van der Waals surface area contributed by atoms with Gasteiger partial charge in [0.1, 0.15) is 19.5 Å². The van der Waals surface area contributed by atoms with Crippen LogP contribution in [0.15, 0.2) is 23.7 Å². The zero-order valence-corrected chi connectivity index (χ0v) is 9.12. The van der Waals surface area contributed by atoms with Crippen LogP contribution in [0.4, 0.5) is 0 Å². The van der Waals surface area contributed by atoms with E-state index in [0.717, 1.165) is 19.5 Å². The van der Waals surface area contributed by atoms with Crippen molar-refractivity contribution in [2.45, 2.75) is 6.42 Å². The average Bonchev–Trinajstić information content (AvgIpc) is 2.38. The Kier molecular flexibility index (Phi) is 3.82. The zero-order valence-electron chi connectivity index (χ0n) is 9.12. The fourth-order valence-corrected chi connectivity index (χ4v) is 1.60. The topological polar surface area (TPSA) is 59.6 Å². The second-order valence-corrected chi connectivity index (χ2v) is 3.70. The van der Waals surface area contributed by atoms with E-state index in [0.29, 0.717) is 19.8 Å². The third-order valence-electron chi connectivity index (χ3n) is 2.51. The van der Waals surface area contributed by atoms with Gasteiger partial charge in [0, 0.05) is 13.1 Å². The van der Waals surface area contributed by atoms with Crippen molar-refractivity contribution in [2.24, 2.45) is 0 Å². The Morgan fingerprint density at radius 3 is 3.12 bits per heavy atom. The second-order valence-electron chi connectivity index (χ2n) is 3.70. The van der Waals surface area contributed by atoms with Gasteiger partial charge in [0.05, 0.1) is 0 Å². The van der Waals surface area contributed by atoms with Crippen molar-refractivity contribution >= 4 is 5.91 Å². The molecule has 2 aliphatic rings. The third kappa shape index (κ3) is 3.00. The first-order valence-corrected chi connectivity index (χ1v) is 5.47. The summed E-state index contributed by atoms with van der Waals surface area (Å²) in [6.07, 6.45) is 4.46. The molecule has 0 aliphatic carbocycles. The van der Waals surface area contributed by atoms with Gasteiger partial charge in [-0.3, -0.25) is 4.79 Å². The molecule has 0 saturated carbocycles. The summed E-state index contributed by atoms with van der Waals surface area (Å²) in [7, 11) is 0. The molecule has 1 amide bonds. The number of rotatable bonds is 3. The van der Waals surface area contributed by atoms with E-state index in [2.05, 4.69) is 16.7 Å². The predicted molar refractivity (Wildman–Crippen MR) is 58.6 cm³/mol. The lowest BCUT2D eigenvalue weighted by molar-refractivity contribution is -0.122. The van der Waals surface area contributed by atoms with Crippen molar-refractivity contribution in [3.63, 3.8) is 0 Å². The van der Waals surface area contributed by atoms with E-state index in [-0.39, 0.29) is 11.7 Å². The minimum absolute atomic E-state index is 0.209. The summed E-state index contributed by atoms with van der Waals surface area (Å²) in [5.41, 5.74) is 1.25. The van der Waals surface area contributed by atoms with Crippen LogP contribution in [0, 0.1) is 0 Å². The third-order valence-corrected chi connectivity index (χ3v) is 2.51. The summed E-state index contributed by atoms with van der Waals surface area (Å²) >= 11 is 0. The Balaban J connectivity index is 1.78. The second kappa shape index (κ2) is 5.55. The van der Waals surface area contributed by atoms with Gasteiger partial charge in [-0.15, -0.1) is 0 Å². The van der Waals surface area contributed by atoms with Gasteiger partial charge in [-0.1, -0.05) is 11.6 Å². The summed E-state index contributed by atoms with van der Waals surface area (Å²) in [6.45, 7) is 3.39. The van der Waals surface area contributed by atoms with E-state index < -0.39 is 0 Å². The molecular formula is C11H16N2O3. The van der Waals surface area contributed by atoms with Crippen LogP contribution in [0.1, 0.15) is 6.42 Å². The molecular weight excluding hydrogens is 208 g/mol. The van der Waals surface area contributed by atoms with Crippen LogP contribution in [0.2, 0.25) is 0 Å². The molecule has 0 saturated heterocycles. The molecule has 16 heavy (non-hydrogen) atoms. The van der Waals surface area contributed by atoms with Crippen molar-refractivity contribution in [1.29, 1.82) is 0 Å². The van der Waals surface area contributed by atoms with Crippen LogP contribution in [-0.2, 0) is 14.3 Å². The molecule has 0 fully saturated rings. The number of carbonyl (C=O) groups is 1. The van der Waals surface area contributed by atoms with Crippen LogP contribution < -0.4 is 10.6 Å². The number of amides is 1. The molecule has 0 aromatic heterocycles. The standard InChI is InChI=1S/C11H16N2O3/c14-11(10-8-15-5-6-16-10)13-7-9-1-3-12-4-2-9/h1,8,12H,2-7H2,(H,13,14). The van der Waals surface area contributed by atoms with Crippen molar-refractivity contribution < 1.29 is 14.3 Å². The number of carbonyl (C=O) groups excluding carboxylic acids is 1. The van der Waals surface area contributed by atoms with E-state index in [4.69, 9.17) is 9.47 Å². The van der Waals surface area contributed by atoms with E-state index in [1.54, 1.807) is 0 Å². The molecule has 5 heteroatoms. The summed E-state index contributed by atoms with van der Waals surface area (Å²) in [6, 6.07) is 0. The molecule has 2 N–H and O–H groups in total. The van der Waals surface area contributed by atoms with Crippen molar-refractivity contribution in [2.75, 3.05) is 32.8 Å². The Hall–Kier alpha value is -1.49. The zero-order chi connectivity index (χ0) is 11.2. The minimum atomic E-state index is -0.209. The van der Waals surface area contributed by atoms with E-state index in [9.17, 15) is 4.79 Å². The molecule has 0 radical (unpaired) electrons. The van der Waals surface area contributed by atoms with Gasteiger partial charge in [0.25, 0.3) is 5.91 Å². The Bertz CT molecular complexity index is 323. The lowest BCUT2D eigenvalue weighted by atomic mass is 10.1. The number of hydrogen-bond acceptors (Lipinski definition) is 4. The monoisotopic (exact) mass is 224 g/mol. The summed E-state index contributed by atoms with van der Waals surface area (Å²) in [5.74, 6) is 0.0555. The first-order chi connectivity index (χ1) is 7.86. The van der Waals surface area contributed by atoms with Gasteiger partial charge < -0.3 is 20.1 Å². The molecule has 0 atom stereocenters. The maximum atomic E-state index is 11.6. The van der Waals surface area contributed by atoms with Crippen LogP contribution in [-0.4, -0.2) is 38.8 Å². The molecule has 0 unspecified atom stereocenters. The molecule has 88 valence electrons. The van der Waals surface area contributed by atoms with E-state index in [1.165, 1.54) is 11.8 Å². The van der Waals surface area contributed by atoms with E-state index in [1.807, 2.05) is 0 Å². The first kappa shape index (κ1) is 11.0. The molecule has 0 aromatic carbocycles. The Morgan fingerprint density at radius 2 is 2.44 bits per heavy atom. The van der Waals surface area contributed by atoms with Gasteiger partial charge in [-0.25, -0.2) is 0 Å². The molecule has 0 spiro atoms. The van der Waals surface area contributed by atoms with E-state index >= 15 is 0 Å². The smallest absolute Gasteiger partial charge is 0.289 e. The highest BCUT2D eigenvalue weighted by molar-refractivity contribution is 5.91. The highest BCUT2D eigenvalue weighted by atomic mass is 16.6. The maximum absolute atomic E-state index is 11.6. The molecule has 2 heterocycles. The normalized spacial score (nSPS) is 20.0. The van der Waals surface area contributed by atoms with Crippen LogP contribution >= 0.6 is 0 Å².